The number of hydrogen-bond donors (Lipinski definition) is 1. The molecule has 0 atom stereocenters. The van der Waals surface area contributed by atoms with Gasteiger partial charge in [0, 0.05) is 5.56 Å². The second-order valence-corrected chi connectivity index (χ2v) is 7.93. The van der Waals surface area contributed by atoms with Crippen LogP contribution >= 0.6 is 0 Å². The Hall–Kier alpha value is -2.68. The number of sulfonamides is 1. The molecule has 0 radical (unpaired) electrons. The van der Waals surface area contributed by atoms with E-state index in [9.17, 15) is 23.1 Å². The van der Waals surface area contributed by atoms with E-state index in [1.54, 1.807) is 4.72 Å². The number of benzene rings is 1. The fourth-order valence-electron chi connectivity index (χ4n) is 2.74. The summed E-state index contributed by atoms with van der Waals surface area (Å²) in [5, 5.41) is 10.6. The molecule has 0 bridgehead atoms. The Morgan fingerprint density at radius 1 is 1.26 bits per heavy atom. The summed E-state index contributed by atoms with van der Waals surface area (Å²) < 4.78 is 28.6. The third-order valence-corrected chi connectivity index (χ3v) is 5.46. The highest BCUT2D eigenvalue weighted by atomic mass is 32.2. The average Bonchev–Trinajstić information content (AvgIpc) is 3.13. The summed E-state index contributed by atoms with van der Waals surface area (Å²) in [5.41, 5.74) is -0.788. The number of aryl methyl sites for hydroxylation is 2. The van der Waals surface area contributed by atoms with E-state index in [-0.39, 0.29) is 10.5 Å². The van der Waals surface area contributed by atoms with Crippen LogP contribution in [0.5, 0.6) is 0 Å². The minimum absolute atomic E-state index is 0.325. The number of carboxylic acids is 1. The van der Waals surface area contributed by atoms with Gasteiger partial charge in [0.15, 0.2) is 0 Å². The van der Waals surface area contributed by atoms with Crippen molar-refractivity contribution in [2.24, 2.45) is 7.05 Å². The Balaban J connectivity index is 0.000000199. The topological polar surface area (TPSA) is 112 Å². The minimum atomic E-state index is -3.90. The molecule has 2 heterocycles. The van der Waals surface area contributed by atoms with Crippen molar-refractivity contribution >= 4 is 21.9 Å². The van der Waals surface area contributed by atoms with Crippen LogP contribution in [0.2, 0.25) is 0 Å². The number of nitrogens with one attached hydrogen (secondary N) is 1. The van der Waals surface area contributed by atoms with Crippen LogP contribution in [0, 0.1) is 0 Å². The molecule has 27 heavy (non-hydrogen) atoms. The molecule has 146 valence electrons. The van der Waals surface area contributed by atoms with Gasteiger partial charge in [-0.15, -0.1) is 0 Å². The molecule has 1 aliphatic rings. The number of amides is 1. The summed E-state index contributed by atoms with van der Waals surface area (Å²) >= 11 is 0. The summed E-state index contributed by atoms with van der Waals surface area (Å²) in [6.45, 7) is 3.41. The van der Waals surface area contributed by atoms with Crippen LogP contribution in [-0.2, 0) is 23.6 Å². The van der Waals surface area contributed by atoms with Gasteiger partial charge in [0.05, 0.1) is 25.1 Å². The second kappa shape index (κ2) is 8.81. The number of hydrogen-bond acceptors (Lipinski definition) is 5. The number of nitrogens with zero attached hydrogens (tertiary/aromatic N) is 2. The Bertz CT molecular complexity index is 934. The van der Waals surface area contributed by atoms with Gasteiger partial charge in [-0.05, 0) is 18.9 Å². The van der Waals surface area contributed by atoms with E-state index in [2.05, 4.69) is 41.8 Å². The molecule has 0 aliphatic carbocycles. The Labute approximate surface area is 158 Å². The normalized spacial score (nSPS) is 14.1. The first-order chi connectivity index (χ1) is 12.8. The molecule has 0 saturated heterocycles. The predicted octanol–water partition coefficient (Wildman–Crippen LogP) is 0.375. The van der Waals surface area contributed by atoms with Crippen molar-refractivity contribution in [2.75, 3.05) is 0 Å². The smallest absolute Gasteiger partial charge is 0.267 e. The van der Waals surface area contributed by atoms with Gasteiger partial charge in [-0.3, -0.25) is 4.79 Å². The fraction of sp³-hybridized carbons (Fsp3) is 0.389. The summed E-state index contributed by atoms with van der Waals surface area (Å²) in [7, 11) is -1.84. The number of rotatable bonds is 6. The van der Waals surface area contributed by atoms with E-state index in [0.717, 1.165) is 12.1 Å². The van der Waals surface area contributed by atoms with Crippen LogP contribution in [-0.4, -0.2) is 24.9 Å². The van der Waals surface area contributed by atoms with Gasteiger partial charge in [0.25, 0.3) is 15.9 Å². The molecule has 8 nitrogen and oxygen atoms in total. The van der Waals surface area contributed by atoms with Crippen molar-refractivity contribution in [2.45, 2.75) is 44.0 Å². The zero-order chi connectivity index (χ0) is 20.0. The number of carbonyl (C=O) groups is 2. The number of carbonyl (C=O) groups excluding carboxylic acids is 2. The SMILES string of the molecule is CCCCCCn1cc[n+](C)c1.O=C([O-])c1cccc2c1C(=O)NS2(=O)=O. The van der Waals surface area contributed by atoms with Gasteiger partial charge in [0.2, 0.25) is 6.33 Å². The lowest BCUT2D eigenvalue weighted by molar-refractivity contribution is -0.671. The van der Waals surface area contributed by atoms with Crippen molar-refractivity contribution in [1.82, 2.24) is 9.29 Å². The van der Waals surface area contributed by atoms with Gasteiger partial charge < -0.3 is 9.90 Å². The number of fused-ring (bicyclic) bond motifs is 1. The molecule has 3 rings (SSSR count). The standard InChI is InChI=1S/C10H19N2.C8H5NO5S/c1-3-4-5-6-7-12-9-8-11(2)10-12;10-7-6-4(8(11)12)2-1-3-5(6)15(13,14)9-7/h8-10H,3-7H2,1-2H3;1-3H,(H,9,10)(H,11,12)/q+1;/p-1. The highest BCUT2D eigenvalue weighted by Crippen LogP contribution is 2.24. The zero-order valence-electron chi connectivity index (χ0n) is 15.3. The maximum atomic E-state index is 11.3. The van der Waals surface area contributed by atoms with Gasteiger partial charge in [-0.25, -0.2) is 22.3 Å². The van der Waals surface area contributed by atoms with E-state index in [1.807, 2.05) is 0 Å². The molecule has 2 aromatic rings. The third kappa shape index (κ3) is 5.16. The maximum Gasteiger partial charge on any atom is 0.267 e. The van der Waals surface area contributed by atoms with Crippen LogP contribution in [0.3, 0.4) is 0 Å². The maximum absolute atomic E-state index is 11.3. The lowest BCUT2D eigenvalue weighted by Gasteiger charge is -2.04. The summed E-state index contributed by atoms with van der Waals surface area (Å²) in [6, 6.07) is 3.52. The van der Waals surface area contributed by atoms with Crippen molar-refractivity contribution in [3.63, 3.8) is 0 Å². The van der Waals surface area contributed by atoms with Crippen LogP contribution in [0.15, 0.2) is 41.8 Å². The molecule has 0 fully saturated rings. The first kappa shape index (κ1) is 20.6. The number of unbranched alkanes of at least 4 members (excludes halogenated alkanes) is 3. The first-order valence-electron chi connectivity index (χ1n) is 8.68. The van der Waals surface area contributed by atoms with Gasteiger partial charge in [-0.1, -0.05) is 31.9 Å². The molecular formula is C18H23N3O5S. The fourth-order valence-corrected chi connectivity index (χ4v) is 3.93. The van der Waals surface area contributed by atoms with Crippen molar-refractivity contribution < 1.29 is 27.7 Å². The van der Waals surface area contributed by atoms with Gasteiger partial charge in [-0.2, -0.15) is 0 Å². The summed E-state index contributed by atoms with van der Waals surface area (Å²) in [5.74, 6) is -2.52. The van der Waals surface area contributed by atoms with Crippen molar-refractivity contribution in [3.05, 3.63) is 48.0 Å². The lowest BCUT2D eigenvalue weighted by Crippen LogP contribution is -2.26. The molecular weight excluding hydrogens is 370 g/mol. The molecule has 0 saturated carbocycles. The molecule has 1 N–H and O–H groups in total. The van der Waals surface area contributed by atoms with Crippen LogP contribution in [0.4, 0.5) is 0 Å². The van der Waals surface area contributed by atoms with E-state index >= 15 is 0 Å². The number of aromatic carboxylic acids is 1. The number of imidazole rings is 1. The van der Waals surface area contributed by atoms with E-state index in [4.69, 9.17) is 0 Å². The Morgan fingerprint density at radius 3 is 2.59 bits per heavy atom. The molecule has 0 spiro atoms. The highest BCUT2D eigenvalue weighted by Gasteiger charge is 2.34. The minimum Gasteiger partial charge on any atom is -0.545 e. The van der Waals surface area contributed by atoms with Gasteiger partial charge in [0.1, 0.15) is 17.3 Å². The number of carboxylic acid groups (broad SMARTS) is 1. The highest BCUT2D eigenvalue weighted by molar-refractivity contribution is 7.90. The van der Waals surface area contributed by atoms with E-state index in [0.29, 0.717) is 0 Å². The summed E-state index contributed by atoms with van der Waals surface area (Å²) in [4.78, 5) is 21.5. The Morgan fingerprint density at radius 2 is 2.00 bits per heavy atom. The second-order valence-electron chi connectivity index (χ2n) is 6.28. The van der Waals surface area contributed by atoms with Crippen LogP contribution in [0.1, 0.15) is 53.3 Å². The predicted molar refractivity (Wildman–Crippen MR) is 95.2 cm³/mol. The van der Waals surface area contributed by atoms with Gasteiger partial charge >= 0.3 is 0 Å². The van der Waals surface area contributed by atoms with Crippen molar-refractivity contribution in [1.29, 1.82) is 0 Å². The first-order valence-corrected chi connectivity index (χ1v) is 10.2. The van der Waals surface area contributed by atoms with E-state index in [1.165, 1.54) is 38.3 Å². The summed E-state index contributed by atoms with van der Waals surface area (Å²) in [6.07, 6.45) is 11.7. The van der Waals surface area contributed by atoms with E-state index < -0.39 is 27.5 Å². The van der Waals surface area contributed by atoms with Crippen molar-refractivity contribution in [3.8, 4) is 0 Å². The zero-order valence-corrected chi connectivity index (χ0v) is 16.2. The molecule has 9 heteroatoms. The monoisotopic (exact) mass is 393 g/mol. The largest absolute Gasteiger partial charge is 0.545 e. The number of aromatic nitrogens is 2. The molecule has 1 aromatic heterocycles. The molecule has 1 amide bonds. The van der Waals surface area contributed by atoms with Crippen LogP contribution < -0.4 is 14.4 Å². The third-order valence-electron chi connectivity index (χ3n) is 4.08. The molecule has 0 unspecified atom stereocenters. The Kier molecular flexibility index (Phi) is 6.73. The quantitative estimate of drug-likeness (QED) is 0.563. The molecule has 1 aliphatic heterocycles. The average molecular weight is 393 g/mol. The lowest BCUT2D eigenvalue weighted by atomic mass is 10.1. The van der Waals surface area contributed by atoms with Crippen LogP contribution in [0.25, 0.3) is 0 Å². The molecule has 1 aromatic carbocycles.